The molecule has 2 nitrogen and oxygen atoms in total. The lowest BCUT2D eigenvalue weighted by Crippen LogP contribution is -2.47. The second-order valence-corrected chi connectivity index (χ2v) is 6.10. The summed E-state index contributed by atoms with van der Waals surface area (Å²) in [7, 11) is 2.15. The topological polar surface area (TPSA) is 12.5 Å². The molecule has 0 spiro atoms. The Hall–Kier alpha value is -1.87. The van der Waals surface area contributed by atoms with Crippen LogP contribution >= 0.6 is 0 Å². The van der Waals surface area contributed by atoms with Crippen molar-refractivity contribution in [3.8, 4) is 5.75 Å². The molecule has 0 N–H and O–H groups in total. The van der Waals surface area contributed by atoms with Gasteiger partial charge in [-0.25, -0.2) is 4.39 Å². The zero-order chi connectivity index (χ0) is 14.4. The van der Waals surface area contributed by atoms with Crippen LogP contribution in [0.25, 0.3) is 0 Å². The first-order valence-electron chi connectivity index (χ1n) is 7.41. The molecular weight excluding hydrogens is 265 g/mol. The van der Waals surface area contributed by atoms with Crippen LogP contribution in [0.15, 0.2) is 48.5 Å². The second kappa shape index (κ2) is 4.57. The van der Waals surface area contributed by atoms with Crippen molar-refractivity contribution in [2.24, 2.45) is 0 Å². The Morgan fingerprint density at radius 2 is 1.90 bits per heavy atom. The van der Waals surface area contributed by atoms with E-state index in [1.54, 1.807) is 0 Å². The summed E-state index contributed by atoms with van der Waals surface area (Å²) in [5, 5.41) is 0. The molecule has 0 aliphatic carbocycles. The van der Waals surface area contributed by atoms with Crippen molar-refractivity contribution in [1.29, 1.82) is 0 Å². The van der Waals surface area contributed by atoms with E-state index in [1.165, 1.54) is 17.7 Å². The molecule has 1 fully saturated rings. The molecule has 2 heterocycles. The van der Waals surface area contributed by atoms with Gasteiger partial charge in [-0.3, -0.25) is 0 Å². The van der Waals surface area contributed by atoms with Gasteiger partial charge in [-0.05, 0) is 30.8 Å². The average Bonchev–Trinajstić information content (AvgIpc) is 2.83. The first-order valence-corrected chi connectivity index (χ1v) is 7.41. The Kier molecular flexibility index (Phi) is 2.79. The van der Waals surface area contributed by atoms with E-state index in [4.69, 9.17) is 4.74 Å². The lowest BCUT2D eigenvalue weighted by atomic mass is 9.74. The normalized spacial score (nSPS) is 27.8. The number of piperidine rings is 1. The fourth-order valence-electron chi connectivity index (χ4n) is 3.75. The van der Waals surface area contributed by atoms with Crippen LogP contribution in [0.4, 0.5) is 4.39 Å². The first kappa shape index (κ1) is 12.8. The maximum Gasteiger partial charge on any atom is 0.143 e. The zero-order valence-corrected chi connectivity index (χ0v) is 12.1. The molecular formula is C18H18FNO. The lowest BCUT2D eigenvalue weighted by Gasteiger charge is -2.42. The Balaban J connectivity index is 1.84. The van der Waals surface area contributed by atoms with E-state index in [9.17, 15) is 4.39 Å². The van der Waals surface area contributed by atoms with Gasteiger partial charge in [0.1, 0.15) is 17.2 Å². The van der Waals surface area contributed by atoms with Gasteiger partial charge in [0.05, 0.1) is 0 Å². The fourth-order valence-corrected chi connectivity index (χ4v) is 3.75. The molecule has 2 aliphatic rings. The third-order valence-electron chi connectivity index (χ3n) is 4.84. The summed E-state index contributed by atoms with van der Waals surface area (Å²) in [6, 6.07) is 15.1. The number of fused-ring (bicyclic) bond motifs is 3. The first-order chi connectivity index (χ1) is 10.2. The Morgan fingerprint density at radius 1 is 1.14 bits per heavy atom. The summed E-state index contributed by atoms with van der Waals surface area (Å²) in [6.45, 7) is 1.95. The van der Waals surface area contributed by atoms with E-state index >= 15 is 0 Å². The van der Waals surface area contributed by atoms with Crippen molar-refractivity contribution in [2.75, 3.05) is 20.1 Å². The molecule has 0 amide bonds. The van der Waals surface area contributed by atoms with Crippen LogP contribution in [-0.4, -0.2) is 25.0 Å². The molecule has 0 radical (unpaired) electrons. The number of likely N-dealkylation sites (N-methyl/N-ethyl adjacent to an activating group) is 1. The summed E-state index contributed by atoms with van der Waals surface area (Å²) in [5.74, 6) is 1.08. The molecule has 0 saturated carbocycles. The number of hydrogen-bond donors (Lipinski definition) is 0. The maximum absolute atomic E-state index is 13.3. The molecule has 2 aromatic rings. The van der Waals surface area contributed by atoms with Gasteiger partial charge in [0, 0.05) is 31.0 Å². The van der Waals surface area contributed by atoms with Crippen molar-refractivity contribution in [1.82, 2.24) is 4.90 Å². The number of rotatable bonds is 1. The number of hydrogen-bond acceptors (Lipinski definition) is 2. The van der Waals surface area contributed by atoms with E-state index in [1.807, 2.05) is 24.3 Å². The second-order valence-electron chi connectivity index (χ2n) is 6.10. The van der Waals surface area contributed by atoms with Crippen LogP contribution in [0.1, 0.15) is 23.5 Å². The quantitative estimate of drug-likeness (QED) is 0.794. The van der Waals surface area contributed by atoms with E-state index in [-0.39, 0.29) is 11.4 Å². The van der Waals surface area contributed by atoms with Gasteiger partial charge in [0.2, 0.25) is 0 Å². The highest BCUT2D eigenvalue weighted by Gasteiger charge is 2.51. The summed E-state index contributed by atoms with van der Waals surface area (Å²) < 4.78 is 19.7. The van der Waals surface area contributed by atoms with Crippen molar-refractivity contribution in [3.63, 3.8) is 0 Å². The van der Waals surface area contributed by atoms with Crippen molar-refractivity contribution in [2.45, 2.75) is 17.9 Å². The summed E-state index contributed by atoms with van der Waals surface area (Å²) in [4.78, 5) is 2.35. The highest BCUT2D eigenvalue weighted by atomic mass is 19.1. The molecule has 108 valence electrons. The van der Waals surface area contributed by atoms with Crippen LogP contribution in [0, 0.1) is 5.82 Å². The predicted molar refractivity (Wildman–Crippen MR) is 80.0 cm³/mol. The van der Waals surface area contributed by atoms with Crippen LogP contribution in [0.3, 0.4) is 0 Å². The van der Waals surface area contributed by atoms with Crippen LogP contribution in [0.5, 0.6) is 5.75 Å². The SMILES string of the molecule is CN1CCC2(c3ccc(F)cc3)Oc3ccccc3C2C1. The highest BCUT2D eigenvalue weighted by Crippen LogP contribution is 2.54. The lowest BCUT2D eigenvalue weighted by molar-refractivity contribution is 0.00698. The molecule has 2 aliphatic heterocycles. The van der Waals surface area contributed by atoms with Crippen molar-refractivity contribution >= 4 is 0 Å². The minimum absolute atomic E-state index is 0.199. The number of para-hydroxylation sites is 1. The fraction of sp³-hybridized carbons (Fsp3) is 0.333. The minimum Gasteiger partial charge on any atom is -0.482 e. The molecule has 1 saturated heterocycles. The molecule has 4 rings (SSSR count). The Labute approximate surface area is 124 Å². The smallest absolute Gasteiger partial charge is 0.143 e. The Morgan fingerprint density at radius 3 is 2.71 bits per heavy atom. The average molecular weight is 283 g/mol. The molecule has 2 unspecified atom stereocenters. The van der Waals surface area contributed by atoms with Gasteiger partial charge in [-0.2, -0.15) is 0 Å². The van der Waals surface area contributed by atoms with E-state index < -0.39 is 0 Å². The van der Waals surface area contributed by atoms with E-state index in [0.717, 1.165) is 30.8 Å². The van der Waals surface area contributed by atoms with Crippen LogP contribution in [-0.2, 0) is 5.60 Å². The molecule has 2 aromatic carbocycles. The summed E-state index contributed by atoms with van der Waals surface area (Å²) >= 11 is 0. The third-order valence-corrected chi connectivity index (χ3v) is 4.84. The van der Waals surface area contributed by atoms with Gasteiger partial charge in [0.15, 0.2) is 0 Å². The number of halogens is 1. The van der Waals surface area contributed by atoms with Gasteiger partial charge >= 0.3 is 0 Å². The van der Waals surface area contributed by atoms with Crippen LogP contribution < -0.4 is 4.74 Å². The zero-order valence-electron chi connectivity index (χ0n) is 12.1. The van der Waals surface area contributed by atoms with E-state index in [2.05, 4.69) is 24.1 Å². The summed E-state index contributed by atoms with van der Waals surface area (Å²) in [5.41, 5.74) is 2.01. The molecule has 2 atom stereocenters. The highest BCUT2D eigenvalue weighted by molar-refractivity contribution is 5.47. The van der Waals surface area contributed by atoms with Gasteiger partial charge in [-0.15, -0.1) is 0 Å². The Bertz CT molecular complexity index is 669. The number of nitrogens with zero attached hydrogens (tertiary/aromatic N) is 1. The molecule has 0 bridgehead atoms. The number of benzene rings is 2. The van der Waals surface area contributed by atoms with Crippen molar-refractivity contribution < 1.29 is 9.13 Å². The largest absolute Gasteiger partial charge is 0.482 e. The molecule has 21 heavy (non-hydrogen) atoms. The maximum atomic E-state index is 13.3. The van der Waals surface area contributed by atoms with Crippen molar-refractivity contribution in [3.05, 3.63) is 65.5 Å². The molecule has 0 aromatic heterocycles. The number of likely N-dealkylation sites (tertiary alicyclic amines) is 1. The monoisotopic (exact) mass is 283 g/mol. The minimum atomic E-state index is -0.343. The van der Waals surface area contributed by atoms with Gasteiger partial charge in [-0.1, -0.05) is 30.3 Å². The van der Waals surface area contributed by atoms with E-state index in [0.29, 0.717) is 5.92 Å². The number of ether oxygens (including phenoxy) is 1. The predicted octanol–water partition coefficient (Wildman–Crippen LogP) is 3.53. The van der Waals surface area contributed by atoms with Gasteiger partial charge < -0.3 is 9.64 Å². The standard InChI is InChI=1S/C18H18FNO/c1-20-11-10-18(13-6-8-14(19)9-7-13)16(12-20)15-4-2-3-5-17(15)21-18/h2-9,16H,10-12H2,1H3. The molecule has 3 heteroatoms. The van der Waals surface area contributed by atoms with Crippen LogP contribution in [0.2, 0.25) is 0 Å². The van der Waals surface area contributed by atoms with Gasteiger partial charge in [0.25, 0.3) is 0 Å². The third kappa shape index (κ3) is 1.88. The summed E-state index contributed by atoms with van der Waals surface area (Å²) in [6.07, 6.45) is 0.925.